The fourth-order valence-electron chi connectivity index (χ4n) is 7.56. The van der Waals surface area contributed by atoms with Gasteiger partial charge in [-0.2, -0.15) is 0 Å². The number of urea groups is 2. The molecule has 0 spiro atoms. The van der Waals surface area contributed by atoms with Gasteiger partial charge in [0.05, 0.1) is 49.9 Å². The van der Waals surface area contributed by atoms with Gasteiger partial charge in [-0.25, -0.2) is 19.6 Å². The zero-order valence-electron chi connectivity index (χ0n) is 37.5. The molecule has 0 bridgehead atoms. The molecule has 4 heterocycles. The van der Waals surface area contributed by atoms with Crippen molar-refractivity contribution in [3.8, 4) is 11.5 Å². The number of anilines is 4. The number of nitrogens with one attached hydrogen (secondary N) is 4. The van der Waals surface area contributed by atoms with Crippen molar-refractivity contribution in [2.45, 2.75) is 46.2 Å². The molecular weight excluding hydrogens is 877 g/mol. The van der Waals surface area contributed by atoms with Gasteiger partial charge in [-0.1, -0.05) is 53.9 Å². The monoisotopic (exact) mass is 930 g/mol. The van der Waals surface area contributed by atoms with E-state index in [4.69, 9.17) is 14.2 Å². The Morgan fingerprint density at radius 2 is 1.02 bits per heavy atom. The molecule has 17 heteroatoms. The number of ketones is 2. The molecule has 0 atom stereocenters. The first-order chi connectivity index (χ1) is 32.1. The van der Waals surface area contributed by atoms with Crippen molar-refractivity contribution in [2.24, 2.45) is 0 Å². The van der Waals surface area contributed by atoms with Gasteiger partial charge in [0.25, 0.3) is 0 Å². The molecule has 0 radical (unpaired) electrons. The van der Waals surface area contributed by atoms with Gasteiger partial charge >= 0.3 is 12.1 Å². The maximum absolute atomic E-state index is 13.3. The molecular formula is C49H54N8O7S2. The Bertz CT molecular complexity index is 2460. The Hall–Kier alpha value is -6.50. The fourth-order valence-corrected chi connectivity index (χ4v) is 9.26. The number of aryl methyl sites for hydroxylation is 2. The Balaban J connectivity index is 0.000000196. The van der Waals surface area contributed by atoms with E-state index in [1.807, 2.05) is 38.2 Å². The van der Waals surface area contributed by atoms with Crippen LogP contribution in [0.15, 0.2) is 97.3 Å². The molecule has 8 rings (SSSR count). The third-order valence-corrected chi connectivity index (χ3v) is 12.7. The highest BCUT2D eigenvalue weighted by atomic mass is 32.1. The molecule has 2 aliphatic heterocycles. The molecule has 15 nitrogen and oxygen atoms in total. The molecule has 4 amide bonds. The van der Waals surface area contributed by atoms with E-state index < -0.39 is 12.1 Å². The van der Waals surface area contributed by atoms with Crippen LogP contribution in [0.5, 0.6) is 11.5 Å². The van der Waals surface area contributed by atoms with Crippen molar-refractivity contribution >= 4 is 67.9 Å². The lowest BCUT2D eigenvalue weighted by molar-refractivity contribution is 0.0346. The number of ether oxygens (including phenoxy) is 3. The molecule has 2 aliphatic rings. The fraction of sp³-hybridized carbons (Fsp3) is 0.306. The van der Waals surface area contributed by atoms with E-state index in [0.29, 0.717) is 55.4 Å². The van der Waals surface area contributed by atoms with E-state index in [-0.39, 0.29) is 11.6 Å². The molecule has 6 aromatic rings. The summed E-state index contributed by atoms with van der Waals surface area (Å²) in [5.41, 5.74) is 4.34. The number of carbonyl (C=O) groups is 4. The zero-order chi connectivity index (χ0) is 46.4. The van der Waals surface area contributed by atoms with Gasteiger partial charge in [-0.15, -0.1) is 22.7 Å². The summed E-state index contributed by atoms with van der Waals surface area (Å²) in [6, 6.07) is 23.9. The second kappa shape index (κ2) is 23.1. The molecule has 344 valence electrons. The highest BCUT2D eigenvalue weighted by molar-refractivity contribution is 7.16. The first kappa shape index (κ1) is 47.5. The van der Waals surface area contributed by atoms with Crippen LogP contribution >= 0.6 is 22.7 Å². The number of para-hydroxylation sites is 2. The molecule has 4 aromatic carbocycles. The number of thiazole rings is 2. The van der Waals surface area contributed by atoms with Gasteiger partial charge in [0.2, 0.25) is 0 Å². The largest absolute Gasteiger partial charge is 0.496 e. The number of amides is 4. The van der Waals surface area contributed by atoms with Crippen molar-refractivity contribution in [3.63, 3.8) is 0 Å². The number of aromatic nitrogens is 2. The topological polar surface area (TPSA) is 176 Å². The normalized spacial score (nSPS) is 14.0. The average Bonchev–Trinajstić information content (AvgIpc) is 3.98. The molecule has 2 aromatic heterocycles. The highest BCUT2D eigenvalue weighted by Crippen LogP contribution is 2.29. The lowest BCUT2D eigenvalue weighted by Gasteiger charge is -2.25. The van der Waals surface area contributed by atoms with Crippen LogP contribution in [-0.4, -0.2) is 97.0 Å². The van der Waals surface area contributed by atoms with Crippen molar-refractivity contribution in [1.29, 1.82) is 0 Å². The smallest absolute Gasteiger partial charge is 0.325 e. The number of benzene rings is 4. The third kappa shape index (κ3) is 12.9. The summed E-state index contributed by atoms with van der Waals surface area (Å²) >= 11 is 2.90. The zero-order valence-corrected chi connectivity index (χ0v) is 39.1. The first-order valence-corrected chi connectivity index (χ1v) is 23.3. The van der Waals surface area contributed by atoms with Crippen LogP contribution in [0.25, 0.3) is 0 Å². The van der Waals surface area contributed by atoms with Crippen molar-refractivity contribution in [1.82, 2.24) is 19.8 Å². The summed E-state index contributed by atoms with van der Waals surface area (Å²) in [7, 11) is 3.05. The van der Waals surface area contributed by atoms with E-state index in [9.17, 15) is 19.2 Å². The molecule has 0 saturated carbocycles. The van der Waals surface area contributed by atoms with Gasteiger partial charge in [0, 0.05) is 59.5 Å². The maximum atomic E-state index is 13.3. The molecule has 0 unspecified atom stereocenters. The molecule has 2 saturated heterocycles. The minimum Gasteiger partial charge on any atom is -0.496 e. The number of methoxy groups -OCH3 is 2. The second-order valence-corrected chi connectivity index (χ2v) is 18.0. The number of nitrogens with zero attached hydrogens (tertiary/aromatic N) is 4. The third-order valence-electron chi connectivity index (χ3n) is 10.9. The Morgan fingerprint density at radius 1 is 0.576 bits per heavy atom. The number of likely N-dealkylation sites (tertiary alicyclic amines) is 1. The van der Waals surface area contributed by atoms with Crippen LogP contribution in [-0.2, 0) is 17.8 Å². The van der Waals surface area contributed by atoms with Gasteiger partial charge < -0.3 is 24.8 Å². The molecule has 4 N–H and O–H groups in total. The number of morpholine rings is 1. The summed E-state index contributed by atoms with van der Waals surface area (Å²) < 4.78 is 16.1. The first-order valence-electron chi connectivity index (χ1n) is 21.7. The Kier molecular flexibility index (Phi) is 16.6. The van der Waals surface area contributed by atoms with Crippen molar-refractivity contribution < 1.29 is 33.4 Å². The summed E-state index contributed by atoms with van der Waals surface area (Å²) in [4.78, 5) is 67.5. The predicted octanol–water partition coefficient (Wildman–Crippen LogP) is 9.49. The van der Waals surface area contributed by atoms with Gasteiger partial charge in [-0.3, -0.25) is 30.0 Å². The van der Waals surface area contributed by atoms with Crippen LogP contribution < -0.4 is 30.7 Å². The second-order valence-electron chi connectivity index (χ2n) is 15.8. The number of carbonyl (C=O) groups excluding carboxylic acids is 4. The minimum atomic E-state index is -0.458. The average molecular weight is 931 g/mol. The van der Waals surface area contributed by atoms with E-state index in [1.165, 1.54) is 56.2 Å². The van der Waals surface area contributed by atoms with Crippen molar-refractivity contribution in [2.75, 3.05) is 74.9 Å². The number of hydrogen-bond acceptors (Lipinski definition) is 13. The molecule has 0 aliphatic carbocycles. The molecule has 2 fully saturated rings. The summed E-state index contributed by atoms with van der Waals surface area (Å²) in [5.74, 6) is 0.524. The summed E-state index contributed by atoms with van der Waals surface area (Å²) in [5, 5.41) is 12.2. The van der Waals surface area contributed by atoms with Crippen LogP contribution in [0.2, 0.25) is 0 Å². The van der Waals surface area contributed by atoms with E-state index >= 15 is 0 Å². The highest BCUT2D eigenvalue weighted by Gasteiger charge is 2.22. The number of piperidine rings is 1. The SMILES string of the molecule is COc1ccccc1C(=O)c1cc(C)ccc1NC(=O)Nc1ncc(CN2CCCCC2)s1.COc1ccccc1C(=O)c1cc(C)ccc1NC(=O)Nc1ncc(CN2CCOCC2)s1. The van der Waals surface area contributed by atoms with Gasteiger partial charge in [0.15, 0.2) is 21.8 Å². The number of hydrogen-bond donors (Lipinski definition) is 4. The Morgan fingerprint density at radius 3 is 1.47 bits per heavy atom. The molecule has 66 heavy (non-hydrogen) atoms. The quantitative estimate of drug-likeness (QED) is 0.0766. The maximum Gasteiger partial charge on any atom is 0.325 e. The van der Waals surface area contributed by atoms with E-state index in [0.717, 1.165) is 73.4 Å². The Labute approximate surface area is 392 Å². The number of rotatable bonds is 14. The standard InChI is InChI=1S/C25H28N4O3S.C24H26N4O4S/c1-17-10-11-21(20(14-17)23(30)19-8-4-5-9-22(19)32-2)27-24(31)28-25-26-15-18(33-25)16-29-12-6-3-7-13-29;1-16-7-8-20(19(13-16)22(29)18-5-3-4-6-21(18)31-2)26-23(30)27-24-25-14-17(33-24)15-28-9-11-32-12-10-28/h4-5,8-11,14-15H,3,6-7,12-13,16H2,1-2H3,(H2,26,27,28,31);3-8,13-14H,9-12,15H2,1-2H3,(H2,25,26,27,30). The van der Waals surface area contributed by atoms with E-state index in [1.54, 1.807) is 72.9 Å². The lowest BCUT2D eigenvalue weighted by Crippen LogP contribution is -2.35. The van der Waals surface area contributed by atoms with E-state index in [2.05, 4.69) is 41.0 Å². The van der Waals surface area contributed by atoms with Crippen LogP contribution in [0.4, 0.5) is 31.2 Å². The van der Waals surface area contributed by atoms with Crippen LogP contribution in [0.3, 0.4) is 0 Å². The van der Waals surface area contributed by atoms with Gasteiger partial charge in [-0.05, 0) is 88.3 Å². The lowest BCUT2D eigenvalue weighted by atomic mass is 9.99. The predicted molar refractivity (Wildman–Crippen MR) is 260 cm³/mol. The summed E-state index contributed by atoms with van der Waals surface area (Å²) in [6.45, 7) is 10.9. The summed E-state index contributed by atoms with van der Waals surface area (Å²) in [6.07, 6.45) is 7.36. The van der Waals surface area contributed by atoms with Gasteiger partial charge in [0.1, 0.15) is 11.5 Å². The van der Waals surface area contributed by atoms with Crippen LogP contribution in [0.1, 0.15) is 72.0 Å². The van der Waals surface area contributed by atoms with Crippen LogP contribution in [0, 0.1) is 13.8 Å². The van der Waals surface area contributed by atoms with Crippen molar-refractivity contribution in [3.05, 3.63) is 140 Å². The minimum absolute atomic E-state index is 0.218.